The molecule has 1 N–H and O–H groups in total. The highest BCUT2D eigenvalue weighted by Gasteiger charge is 2.14. The molecule has 27 heavy (non-hydrogen) atoms. The summed E-state index contributed by atoms with van der Waals surface area (Å²) in [5.41, 5.74) is 1.74. The molecule has 0 fully saturated rings. The number of amides is 1. The average molecular weight is 385 g/mol. The van der Waals surface area contributed by atoms with Gasteiger partial charge in [-0.25, -0.2) is 14.4 Å². The molecule has 1 heterocycles. The molecule has 2 aromatic carbocycles. The van der Waals surface area contributed by atoms with Crippen LogP contribution in [0.15, 0.2) is 54.6 Å². The molecule has 0 bridgehead atoms. The van der Waals surface area contributed by atoms with Crippen LogP contribution in [0.2, 0.25) is 5.02 Å². The lowest BCUT2D eigenvalue weighted by atomic mass is 10.2. The summed E-state index contributed by atoms with van der Waals surface area (Å²) in [7, 11) is 1.90. The van der Waals surface area contributed by atoms with Crippen LogP contribution in [0.5, 0.6) is 0 Å². The first-order chi connectivity index (χ1) is 12.9. The first-order valence-corrected chi connectivity index (χ1v) is 8.67. The molecule has 0 unspecified atom stereocenters. The predicted molar refractivity (Wildman–Crippen MR) is 105 cm³/mol. The van der Waals surface area contributed by atoms with E-state index in [-0.39, 0.29) is 10.7 Å². The molecule has 5 nitrogen and oxygen atoms in total. The highest BCUT2D eigenvalue weighted by atomic mass is 35.5. The number of aromatic nitrogens is 2. The van der Waals surface area contributed by atoms with E-state index in [9.17, 15) is 9.18 Å². The van der Waals surface area contributed by atoms with E-state index < -0.39 is 11.7 Å². The summed E-state index contributed by atoms with van der Waals surface area (Å²) in [4.78, 5) is 23.1. The molecule has 0 spiro atoms. The lowest BCUT2D eigenvalue weighted by Gasteiger charge is -2.19. The number of nitrogens with zero attached hydrogens (tertiary/aromatic N) is 3. The number of benzene rings is 2. The van der Waals surface area contributed by atoms with Crippen LogP contribution in [0.4, 0.5) is 15.9 Å². The second-order valence-corrected chi connectivity index (χ2v) is 6.49. The van der Waals surface area contributed by atoms with E-state index >= 15 is 0 Å². The van der Waals surface area contributed by atoms with Crippen LogP contribution in [0.25, 0.3) is 0 Å². The monoisotopic (exact) mass is 384 g/mol. The lowest BCUT2D eigenvalue weighted by molar-refractivity contribution is 0.102. The van der Waals surface area contributed by atoms with E-state index in [1.807, 2.05) is 42.3 Å². The summed E-state index contributed by atoms with van der Waals surface area (Å²) >= 11 is 5.75. The van der Waals surface area contributed by atoms with Crippen LogP contribution in [0.1, 0.15) is 21.9 Å². The van der Waals surface area contributed by atoms with Gasteiger partial charge in [-0.2, -0.15) is 0 Å². The Morgan fingerprint density at radius 1 is 1.15 bits per heavy atom. The molecule has 3 rings (SSSR count). The fraction of sp³-hybridized carbons (Fsp3) is 0.150. The minimum atomic E-state index is -0.544. The summed E-state index contributed by atoms with van der Waals surface area (Å²) < 4.78 is 13.3. The van der Waals surface area contributed by atoms with Crippen molar-refractivity contribution in [2.24, 2.45) is 0 Å². The third-order valence-electron chi connectivity index (χ3n) is 3.89. The smallest absolute Gasteiger partial charge is 0.274 e. The molecule has 0 aliphatic heterocycles. The highest BCUT2D eigenvalue weighted by molar-refractivity contribution is 6.31. The largest absolute Gasteiger partial charge is 0.355 e. The van der Waals surface area contributed by atoms with Crippen molar-refractivity contribution in [1.29, 1.82) is 0 Å². The van der Waals surface area contributed by atoms with E-state index in [4.69, 9.17) is 11.6 Å². The second-order valence-electron chi connectivity index (χ2n) is 6.08. The van der Waals surface area contributed by atoms with Crippen LogP contribution in [0.3, 0.4) is 0 Å². The van der Waals surface area contributed by atoms with Gasteiger partial charge in [-0.1, -0.05) is 41.9 Å². The minimum Gasteiger partial charge on any atom is -0.355 e. The van der Waals surface area contributed by atoms with Crippen molar-refractivity contribution in [3.63, 3.8) is 0 Å². The Bertz CT molecular complexity index is 965. The van der Waals surface area contributed by atoms with Crippen LogP contribution >= 0.6 is 11.6 Å². The number of halogens is 2. The van der Waals surface area contributed by atoms with Crippen molar-refractivity contribution in [2.45, 2.75) is 13.5 Å². The zero-order valence-corrected chi connectivity index (χ0v) is 15.7. The molecule has 0 aliphatic carbocycles. The van der Waals surface area contributed by atoms with Crippen molar-refractivity contribution in [2.75, 3.05) is 17.3 Å². The molecule has 0 saturated heterocycles. The number of carbonyl (C=O) groups excluding carboxylic acids is 1. The molecule has 7 heteroatoms. The van der Waals surface area contributed by atoms with Gasteiger partial charge in [0.2, 0.25) is 0 Å². The van der Waals surface area contributed by atoms with Gasteiger partial charge < -0.3 is 10.2 Å². The Hall–Kier alpha value is -2.99. The van der Waals surface area contributed by atoms with Gasteiger partial charge in [0.1, 0.15) is 23.2 Å². The average Bonchev–Trinajstić information content (AvgIpc) is 2.65. The number of nitrogens with one attached hydrogen (secondary N) is 1. The topological polar surface area (TPSA) is 58.1 Å². The summed E-state index contributed by atoms with van der Waals surface area (Å²) in [6, 6.07) is 15.6. The quantitative estimate of drug-likeness (QED) is 0.705. The molecule has 3 aromatic rings. The number of hydrogen-bond donors (Lipinski definition) is 1. The van der Waals surface area contributed by atoms with Crippen molar-refractivity contribution in [1.82, 2.24) is 9.97 Å². The SMILES string of the molecule is Cc1nc(C(=O)Nc2ccc(F)c(Cl)c2)cc(N(C)Cc2ccccc2)n1. The number of carbonyl (C=O) groups is 1. The molecular formula is C20H18ClFN4O. The van der Waals surface area contributed by atoms with E-state index in [1.165, 1.54) is 18.2 Å². The first kappa shape index (κ1) is 18.8. The van der Waals surface area contributed by atoms with Gasteiger partial charge in [-0.05, 0) is 30.7 Å². The van der Waals surface area contributed by atoms with Gasteiger partial charge >= 0.3 is 0 Å². The molecule has 0 aliphatic rings. The molecule has 1 aromatic heterocycles. The molecule has 0 atom stereocenters. The van der Waals surface area contributed by atoms with E-state index in [0.29, 0.717) is 23.9 Å². The minimum absolute atomic E-state index is 0.0602. The van der Waals surface area contributed by atoms with Crippen molar-refractivity contribution >= 4 is 29.0 Å². The van der Waals surface area contributed by atoms with Gasteiger partial charge in [0.05, 0.1) is 5.02 Å². The van der Waals surface area contributed by atoms with Gasteiger partial charge in [0.15, 0.2) is 0 Å². The zero-order valence-electron chi connectivity index (χ0n) is 14.9. The van der Waals surface area contributed by atoms with E-state index in [2.05, 4.69) is 15.3 Å². The molecule has 0 radical (unpaired) electrons. The normalized spacial score (nSPS) is 10.5. The highest BCUT2D eigenvalue weighted by Crippen LogP contribution is 2.20. The maximum atomic E-state index is 13.3. The number of hydrogen-bond acceptors (Lipinski definition) is 4. The van der Waals surface area contributed by atoms with Gasteiger partial charge in [-0.3, -0.25) is 4.79 Å². The number of anilines is 2. The fourth-order valence-corrected chi connectivity index (χ4v) is 2.75. The number of rotatable bonds is 5. The van der Waals surface area contributed by atoms with Crippen molar-refractivity contribution in [3.8, 4) is 0 Å². The van der Waals surface area contributed by atoms with Crippen LogP contribution < -0.4 is 10.2 Å². The first-order valence-electron chi connectivity index (χ1n) is 8.29. The zero-order chi connectivity index (χ0) is 19.4. The van der Waals surface area contributed by atoms with Crippen molar-refractivity contribution < 1.29 is 9.18 Å². The van der Waals surface area contributed by atoms with Gasteiger partial charge in [-0.15, -0.1) is 0 Å². The summed E-state index contributed by atoms with van der Waals surface area (Å²) in [5.74, 6) is 0.151. The Kier molecular flexibility index (Phi) is 5.66. The summed E-state index contributed by atoms with van der Waals surface area (Å²) in [6.07, 6.45) is 0. The van der Waals surface area contributed by atoms with Crippen LogP contribution in [0, 0.1) is 12.7 Å². The van der Waals surface area contributed by atoms with Crippen LogP contribution in [-0.2, 0) is 6.54 Å². The molecular weight excluding hydrogens is 367 g/mol. The van der Waals surface area contributed by atoms with E-state index in [1.54, 1.807) is 13.0 Å². The van der Waals surface area contributed by atoms with Gasteiger partial charge in [0, 0.05) is 25.3 Å². The van der Waals surface area contributed by atoms with Gasteiger partial charge in [0.25, 0.3) is 5.91 Å². The Morgan fingerprint density at radius 2 is 1.89 bits per heavy atom. The molecule has 1 amide bonds. The Balaban J connectivity index is 1.79. The number of aryl methyl sites for hydroxylation is 1. The second kappa shape index (κ2) is 8.14. The molecule has 0 saturated carbocycles. The maximum Gasteiger partial charge on any atom is 0.274 e. The summed E-state index contributed by atoms with van der Waals surface area (Å²) in [6.45, 7) is 2.37. The van der Waals surface area contributed by atoms with E-state index in [0.717, 1.165) is 5.56 Å². The standard InChI is InChI=1S/C20H18ClFN4O/c1-13-23-18(20(27)25-15-8-9-17(22)16(21)10-15)11-19(24-13)26(2)12-14-6-4-3-5-7-14/h3-11H,12H2,1-2H3,(H,25,27). The molecule has 138 valence electrons. The fourth-order valence-electron chi connectivity index (χ4n) is 2.57. The van der Waals surface area contributed by atoms with Crippen molar-refractivity contribution in [3.05, 3.63) is 82.5 Å². The predicted octanol–water partition coefficient (Wildman–Crippen LogP) is 4.47. The maximum absolute atomic E-state index is 13.3. The Morgan fingerprint density at radius 3 is 2.59 bits per heavy atom. The third kappa shape index (κ3) is 4.80. The third-order valence-corrected chi connectivity index (χ3v) is 4.18. The Labute approximate surface area is 161 Å². The van der Waals surface area contributed by atoms with Crippen LogP contribution in [-0.4, -0.2) is 22.9 Å². The lowest BCUT2D eigenvalue weighted by Crippen LogP contribution is -2.21. The summed E-state index contributed by atoms with van der Waals surface area (Å²) in [5, 5.41) is 2.61.